The molecule has 0 aliphatic carbocycles. The van der Waals surface area contributed by atoms with Gasteiger partial charge in [0.2, 0.25) is 0 Å². The Hall–Kier alpha value is -1.07. The van der Waals surface area contributed by atoms with Crippen molar-refractivity contribution in [1.29, 1.82) is 0 Å². The molecule has 1 rings (SSSR count). The van der Waals surface area contributed by atoms with Crippen molar-refractivity contribution in [1.82, 2.24) is 0 Å². The van der Waals surface area contributed by atoms with Gasteiger partial charge in [-0.05, 0) is 24.4 Å². The highest BCUT2D eigenvalue weighted by Gasteiger charge is 2.13. The smallest absolute Gasteiger partial charge is 0.282 e. The Morgan fingerprint density at radius 2 is 2.00 bits per heavy atom. The molecule has 0 aliphatic heterocycles. The third kappa shape index (κ3) is 2.43. The SMILES string of the molecule is O=S(=O)(O)c1ccccc1N=C=S. The molecule has 68 valence electrons. The summed E-state index contributed by atoms with van der Waals surface area (Å²) in [5, 5.41) is 2.03. The van der Waals surface area contributed by atoms with E-state index in [0.29, 0.717) is 0 Å². The second kappa shape index (κ2) is 3.76. The van der Waals surface area contributed by atoms with E-state index in [1.165, 1.54) is 18.2 Å². The van der Waals surface area contributed by atoms with Gasteiger partial charge in [0, 0.05) is 0 Å². The number of isothiocyanates is 1. The summed E-state index contributed by atoms with van der Waals surface area (Å²) >= 11 is 4.32. The summed E-state index contributed by atoms with van der Waals surface area (Å²) in [6.07, 6.45) is 0. The summed E-state index contributed by atoms with van der Waals surface area (Å²) in [5.41, 5.74) is 0.0833. The lowest BCUT2D eigenvalue weighted by molar-refractivity contribution is 0.483. The second-order valence-corrected chi connectivity index (χ2v) is 3.72. The molecule has 4 nitrogen and oxygen atoms in total. The van der Waals surface area contributed by atoms with E-state index in [4.69, 9.17) is 4.55 Å². The standard InChI is InChI=1S/C7H5NO3S2/c9-13(10,11)7-4-2-1-3-6(7)8-5-12/h1-4H,(H,9,10,11). The van der Waals surface area contributed by atoms with Crippen LogP contribution in [0.3, 0.4) is 0 Å². The Kier molecular flexibility index (Phi) is 2.90. The number of aliphatic imine (C=N–C) groups is 1. The Balaban J connectivity index is 3.45. The van der Waals surface area contributed by atoms with Gasteiger partial charge in [-0.15, -0.1) is 0 Å². The lowest BCUT2D eigenvalue weighted by atomic mass is 10.3. The van der Waals surface area contributed by atoms with Crippen LogP contribution in [0.5, 0.6) is 0 Å². The highest BCUT2D eigenvalue weighted by Crippen LogP contribution is 2.22. The van der Waals surface area contributed by atoms with Crippen LogP contribution in [-0.4, -0.2) is 18.1 Å². The molecule has 1 aromatic rings. The number of hydrogen-bond acceptors (Lipinski definition) is 4. The van der Waals surface area contributed by atoms with E-state index in [-0.39, 0.29) is 10.6 Å². The number of benzene rings is 1. The minimum Gasteiger partial charge on any atom is -0.282 e. The molecule has 0 saturated carbocycles. The first-order valence-corrected chi connectivity index (χ1v) is 5.05. The van der Waals surface area contributed by atoms with Crippen molar-refractivity contribution >= 4 is 33.2 Å². The van der Waals surface area contributed by atoms with Crippen molar-refractivity contribution in [3.05, 3.63) is 24.3 Å². The first-order valence-electron chi connectivity index (χ1n) is 3.20. The molecule has 1 aromatic carbocycles. The molecule has 0 heterocycles. The molecule has 13 heavy (non-hydrogen) atoms. The normalized spacial score (nSPS) is 10.5. The molecular formula is C7H5NO3S2. The quantitative estimate of drug-likeness (QED) is 0.463. The maximum absolute atomic E-state index is 10.8. The summed E-state index contributed by atoms with van der Waals surface area (Å²) in [7, 11) is -4.24. The van der Waals surface area contributed by atoms with Gasteiger partial charge in [-0.1, -0.05) is 12.1 Å². The van der Waals surface area contributed by atoms with Crippen LogP contribution in [0.15, 0.2) is 34.2 Å². The molecular weight excluding hydrogens is 210 g/mol. The minimum absolute atomic E-state index is 0.0833. The third-order valence-corrected chi connectivity index (χ3v) is 2.30. The Morgan fingerprint density at radius 3 is 2.54 bits per heavy atom. The van der Waals surface area contributed by atoms with Gasteiger partial charge >= 0.3 is 0 Å². The van der Waals surface area contributed by atoms with Gasteiger partial charge in [-0.3, -0.25) is 4.55 Å². The van der Waals surface area contributed by atoms with Crippen LogP contribution in [0.2, 0.25) is 0 Å². The average Bonchev–Trinajstić information content (AvgIpc) is 2.04. The second-order valence-electron chi connectivity index (χ2n) is 2.15. The first-order chi connectivity index (χ1) is 6.05. The van der Waals surface area contributed by atoms with Gasteiger partial charge in [-0.2, -0.15) is 13.4 Å². The van der Waals surface area contributed by atoms with Crippen molar-refractivity contribution in [2.75, 3.05) is 0 Å². The van der Waals surface area contributed by atoms with Crippen molar-refractivity contribution in [3.63, 3.8) is 0 Å². The summed E-state index contributed by atoms with van der Waals surface area (Å²) in [5.74, 6) is 0. The van der Waals surface area contributed by atoms with Crippen LogP contribution in [-0.2, 0) is 10.1 Å². The zero-order chi connectivity index (χ0) is 9.90. The van der Waals surface area contributed by atoms with Gasteiger partial charge in [0.1, 0.15) is 4.90 Å². The van der Waals surface area contributed by atoms with E-state index in [9.17, 15) is 8.42 Å². The van der Waals surface area contributed by atoms with E-state index in [1.54, 1.807) is 6.07 Å². The highest BCUT2D eigenvalue weighted by atomic mass is 32.2. The molecule has 0 radical (unpaired) electrons. The van der Waals surface area contributed by atoms with Crippen LogP contribution < -0.4 is 0 Å². The molecule has 0 amide bonds. The minimum atomic E-state index is -4.24. The maximum Gasteiger partial charge on any atom is 0.296 e. The lowest BCUT2D eigenvalue weighted by Gasteiger charge is -1.98. The zero-order valence-corrected chi connectivity index (χ0v) is 7.97. The Labute approximate surface area is 80.7 Å². The largest absolute Gasteiger partial charge is 0.296 e. The summed E-state index contributed by atoms with van der Waals surface area (Å²) in [6.45, 7) is 0. The van der Waals surface area contributed by atoms with E-state index in [0.717, 1.165) is 0 Å². The number of thiocarbonyl (C=S) groups is 1. The molecule has 1 N–H and O–H groups in total. The molecule has 0 saturated heterocycles. The molecule has 0 unspecified atom stereocenters. The average molecular weight is 215 g/mol. The van der Waals surface area contributed by atoms with E-state index in [1.807, 2.05) is 5.16 Å². The molecule has 0 spiro atoms. The predicted octanol–water partition coefficient (Wildman–Crippen LogP) is 1.67. The van der Waals surface area contributed by atoms with Crippen molar-refractivity contribution in [3.8, 4) is 0 Å². The number of nitrogens with zero attached hydrogens (tertiary/aromatic N) is 1. The van der Waals surface area contributed by atoms with Crippen LogP contribution in [0, 0.1) is 0 Å². The summed E-state index contributed by atoms with van der Waals surface area (Å²) in [6, 6.07) is 5.72. The summed E-state index contributed by atoms with van der Waals surface area (Å²) in [4.78, 5) is 3.23. The van der Waals surface area contributed by atoms with Gasteiger partial charge in [0.15, 0.2) is 0 Å². The highest BCUT2D eigenvalue weighted by molar-refractivity contribution is 7.86. The van der Waals surface area contributed by atoms with E-state index >= 15 is 0 Å². The summed E-state index contributed by atoms with van der Waals surface area (Å²) < 4.78 is 30.3. The van der Waals surface area contributed by atoms with Crippen LogP contribution in [0.25, 0.3) is 0 Å². The fraction of sp³-hybridized carbons (Fsp3) is 0. The maximum atomic E-state index is 10.8. The molecule has 0 atom stereocenters. The van der Waals surface area contributed by atoms with E-state index in [2.05, 4.69) is 17.2 Å². The number of hydrogen-bond donors (Lipinski definition) is 1. The fourth-order valence-corrected chi connectivity index (χ4v) is 1.54. The van der Waals surface area contributed by atoms with E-state index < -0.39 is 10.1 Å². The van der Waals surface area contributed by atoms with Crippen molar-refractivity contribution in [2.45, 2.75) is 4.90 Å². The molecule has 0 aromatic heterocycles. The molecule has 0 bridgehead atoms. The predicted molar refractivity (Wildman–Crippen MR) is 50.9 cm³/mol. The third-order valence-electron chi connectivity index (χ3n) is 1.31. The van der Waals surface area contributed by atoms with Gasteiger partial charge < -0.3 is 0 Å². The topological polar surface area (TPSA) is 66.7 Å². The van der Waals surface area contributed by atoms with Crippen molar-refractivity contribution in [2.24, 2.45) is 4.99 Å². The molecule has 0 fully saturated rings. The number of para-hydroxylation sites is 1. The number of rotatable bonds is 2. The van der Waals surface area contributed by atoms with Crippen LogP contribution in [0.4, 0.5) is 5.69 Å². The Morgan fingerprint density at radius 1 is 1.38 bits per heavy atom. The lowest BCUT2D eigenvalue weighted by Crippen LogP contribution is -1.97. The van der Waals surface area contributed by atoms with Crippen LogP contribution >= 0.6 is 12.2 Å². The van der Waals surface area contributed by atoms with Crippen molar-refractivity contribution < 1.29 is 13.0 Å². The Bertz CT molecular complexity index is 460. The van der Waals surface area contributed by atoms with Gasteiger partial charge in [0.25, 0.3) is 10.1 Å². The molecule has 6 heteroatoms. The monoisotopic (exact) mass is 215 g/mol. The van der Waals surface area contributed by atoms with Crippen LogP contribution in [0.1, 0.15) is 0 Å². The fourth-order valence-electron chi connectivity index (χ4n) is 0.817. The van der Waals surface area contributed by atoms with Gasteiger partial charge in [0.05, 0.1) is 10.8 Å². The zero-order valence-electron chi connectivity index (χ0n) is 6.34. The molecule has 0 aliphatic rings. The van der Waals surface area contributed by atoms with Gasteiger partial charge in [-0.25, -0.2) is 0 Å². The first kappa shape index (κ1) is 10.0.